The van der Waals surface area contributed by atoms with Crippen molar-refractivity contribution in [2.75, 3.05) is 0 Å². The Labute approximate surface area is 117 Å². The molecule has 0 fully saturated rings. The highest BCUT2D eigenvalue weighted by Gasteiger charge is 2.32. The maximum absolute atomic E-state index is 12.7. The molecule has 1 heterocycles. The van der Waals surface area contributed by atoms with Crippen LogP contribution in [0.1, 0.15) is 23.4 Å². The number of hydrogen-bond donors (Lipinski definition) is 1. The SMILES string of the molecule is O=[n+]1cc(-c2cccc(C(F)(F)F)c2)n(O)c2c1CCC2. The van der Waals surface area contributed by atoms with Gasteiger partial charge in [-0.15, -0.1) is 0 Å². The van der Waals surface area contributed by atoms with Crippen molar-refractivity contribution in [3.05, 3.63) is 52.3 Å². The number of halogens is 3. The predicted molar refractivity (Wildman–Crippen MR) is 67.4 cm³/mol. The van der Waals surface area contributed by atoms with Gasteiger partial charge in [0.15, 0.2) is 5.69 Å². The minimum atomic E-state index is -4.47. The summed E-state index contributed by atoms with van der Waals surface area (Å²) in [5.74, 6) is 0. The zero-order chi connectivity index (χ0) is 15.2. The van der Waals surface area contributed by atoms with Crippen LogP contribution in [0, 0.1) is 4.91 Å². The lowest BCUT2D eigenvalue weighted by Gasteiger charge is -2.10. The predicted octanol–water partition coefficient (Wildman–Crippen LogP) is 2.81. The second-order valence-corrected chi connectivity index (χ2v) is 4.98. The van der Waals surface area contributed by atoms with Gasteiger partial charge in [-0.1, -0.05) is 12.1 Å². The lowest BCUT2D eigenvalue weighted by Crippen LogP contribution is -2.25. The van der Waals surface area contributed by atoms with Crippen LogP contribution in [0.4, 0.5) is 13.2 Å². The zero-order valence-corrected chi connectivity index (χ0v) is 10.9. The van der Waals surface area contributed by atoms with Crippen molar-refractivity contribution in [1.29, 1.82) is 0 Å². The average Bonchev–Trinajstić information content (AvgIpc) is 2.92. The molecule has 2 aromatic rings. The molecule has 3 rings (SSSR count). The highest BCUT2D eigenvalue weighted by molar-refractivity contribution is 5.59. The molecule has 1 aliphatic rings. The zero-order valence-electron chi connectivity index (χ0n) is 10.9. The van der Waals surface area contributed by atoms with Crippen LogP contribution in [0.25, 0.3) is 11.3 Å². The van der Waals surface area contributed by atoms with E-state index in [1.54, 1.807) is 0 Å². The van der Waals surface area contributed by atoms with Gasteiger partial charge in [0.25, 0.3) is 11.9 Å². The Morgan fingerprint density at radius 2 is 2.00 bits per heavy atom. The van der Waals surface area contributed by atoms with Gasteiger partial charge < -0.3 is 5.21 Å². The van der Waals surface area contributed by atoms with Gasteiger partial charge in [-0.2, -0.15) is 17.9 Å². The number of rotatable bonds is 1. The molecule has 110 valence electrons. The Morgan fingerprint density at radius 3 is 2.71 bits per heavy atom. The molecule has 1 aromatic heterocycles. The van der Waals surface area contributed by atoms with E-state index in [9.17, 15) is 23.3 Å². The topological polar surface area (TPSA) is 48.1 Å². The summed E-state index contributed by atoms with van der Waals surface area (Å²) in [5, 5.41) is 10.2. The number of benzene rings is 1. The summed E-state index contributed by atoms with van der Waals surface area (Å²) in [6.07, 6.45) is -1.53. The third-order valence-corrected chi connectivity index (χ3v) is 3.64. The van der Waals surface area contributed by atoms with Crippen molar-refractivity contribution in [2.24, 2.45) is 0 Å². The van der Waals surface area contributed by atoms with E-state index in [2.05, 4.69) is 0 Å². The van der Waals surface area contributed by atoms with Gasteiger partial charge in [0, 0.05) is 16.9 Å². The molecule has 0 amide bonds. The molecule has 0 unspecified atom stereocenters. The summed E-state index contributed by atoms with van der Waals surface area (Å²) < 4.78 is 39.7. The van der Waals surface area contributed by atoms with E-state index >= 15 is 0 Å². The average molecular weight is 297 g/mol. The van der Waals surface area contributed by atoms with Gasteiger partial charge in [0.1, 0.15) is 5.69 Å². The first-order valence-corrected chi connectivity index (χ1v) is 6.45. The van der Waals surface area contributed by atoms with Crippen LogP contribution >= 0.6 is 0 Å². The Kier molecular flexibility index (Phi) is 3.00. The Hall–Kier alpha value is -2.31. The first-order valence-electron chi connectivity index (χ1n) is 6.45. The van der Waals surface area contributed by atoms with Gasteiger partial charge in [0.05, 0.1) is 9.99 Å². The third kappa shape index (κ3) is 2.28. The quantitative estimate of drug-likeness (QED) is 0.650. The monoisotopic (exact) mass is 297 g/mol. The molecule has 0 bridgehead atoms. The van der Waals surface area contributed by atoms with Crippen LogP contribution in [0.5, 0.6) is 0 Å². The van der Waals surface area contributed by atoms with Crippen molar-refractivity contribution in [3.63, 3.8) is 0 Å². The molecule has 0 aliphatic heterocycles. The van der Waals surface area contributed by atoms with Gasteiger partial charge in [0.2, 0.25) is 0 Å². The minimum Gasteiger partial charge on any atom is -0.428 e. The fourth-order valence-electron chi connectivity index (χ4n) is 2.62. The fourth-order valence-corrected chi connectivity index (χ4v) is 2.62. The standard InChI is InChI=1S/C14H12F3N2O2/c15-14(16,17)10-4-1-3-9(7-10)13-8-18(20)11-5-2-6-12(11)19(13)21/h1,3-4,7-8,21H,2,5-6H2/q+1. The fraction of sp³-hybridized carbons (Fsp3) is 0.286. The second-order valence-electron chi connectivity index (χ2n) is 4.98. The van der Waals surface area contributed by atoms with E-state index in [1.165, 1.54) is 12.1 Å². The number of alkyl halides is 3. The van der Waals surface area contributed by atoms with Gasteiger partial charge in [-0.05, 0) is 25.0 Å². The summed E-state index contributed by atoms with van der Waals surface area (Å²) in [5.41, 5.74) is 0.300. The van der Waals surface area contributed by atoms with E-state index in [4.69, 9.17) is 0 Å². The number of aromatic nitrogens is 2. The van der Waals surface area contributed by atoms with Crippen LogP contribution in [0.2, 0.25) is 0 Å². The second kappa shape index (κ2) is 4.61. The molecule has 0 saturated heterocycles. The van der Waals surface area contributed by atoms with E-state index in [0.29, 0.717) is 28.7 Å². The highest BCUT2D eigenvalue weighted by Crippen LogP contribution is 2.32. The molecule has 1 aromatic carbocycles. The summed E-state index contributed by atoms with van der Waals surface area (Å²) >= 11 is 0. The lowest BCUT2D eigenvalue weighted by atomic mass is 10.1. The van der Waals surface area contributed by atoms with Crippen molar-refractivity contribution in [1.82, 2.24) is 4.73 Å². The van der Waals surface area contributed by atoms with Crippen molar-refractivity contribution >= 4 is 0 Å². The third-order valence-electron chi connectivity index (χ3n) is 3.64. The van der Waals surface area contributed by atoms with E-state index in [1.807, 2.05) is 0 Å². The van der Waals surface area contributed by atoms with Gasteiger partial charge >= 0.3 is 6.18 Å². The first-order chi connectivity index (χ1) is 9.88. The maximum atomic E-state index is 12.7. The molecule has 7 heteroatoms. The summed E-state index contributed by atoms with van der Waals surface area (Å²) in [4.78, 5) is 11.9. The van der Waals surface area contributed by atoms with E-state index in [0.717, 1.165) is 29.5 Å². The molecule has 1 N–H and O–H groups in total. The molecular formula is C14H12F3N2O2+. The minimum absolute atomic E-state index is 0.0525. The normalized spacial score (nSPS) is 14.2. The molecule has 0 atom stereocenters. The Bertz CT molecular complexity index is 766. The molecule has 1 aliphatic carbocycles. The number of fused-ring (bicyclic) bond motifs is 1. The van der Waals surface area contributed by atoms with Crippen LogP contribution in [-0.2, 0) is 19.0 Å². The molecule has 4 nitrogen and oxygen atoms in total. The van der Waals surface area contributed by atoms with Crippen molar-refractivity contribution in [2.45, 2.75) is 25.4 Å². The Balaban J connectivity index is 2.18. The summed E-state index contributed by atoms with van der Waals surface area (Å²) in [6.45, 7) is 0. The van der Waals surface area contributed by atoms with Gasteiger partial charge in [-0.3, -0.25) is 0 Å². The number of nitrogens with zero attached hydrogens (tertiary/aromatic N) is 2. The molecule has 0 spiro atoms. The van der Waals surface area contributed by atoms with E-state index < -0.39 is 11.7 Å². The van der Waals surface area contributed by atoms with Gasteiger partial charge in [-0.25, -0.2) is 0 Å². The van der Waals surface area contributed by atoms with Crippen LogP contribution in [-0.4, -0.2) is 9.94 Å². The van der Waals surface area contributed by atoms with E-state index in [-0.39, 0.29) is 11.3 Å². The molecule has 0 radical (unpaired) electrons. The maximum Gasteiger partial charge on any atom is 0.416 e. The van der Waals surface area contributed by atoms with Crippen LogP contribution in [0.3, 0.4) is 0 Å². The highest BCUT2D eigenvalue weighted by atomic mass is 19.4. The smallest absolute Gasteiger partial charge is 0.416 e. The lowest BCUT2D eigenvalue weighted by molar-refractivity contribution is -0.505. The van der Waals surface area contributed by atoms with Crippen molar-refractivity contribution in [3.8, 4) is 11.3 Å². The first kappa shape index (κ1) is 13.7. The van der Waals surface area contributed by atoms with Crippen LogP contribution in [0.15, 0.2) is 30.5 Å². The number of hydrogen-bond acceptors (Lipinski definition) is 2. The summed E-state index contributed by atoms with van der Waals surface area (Å²) in [6, 6.07) is 4.55. The molecule has 21 heavy (non-hydrogen) atoms. The van der Waals surface area contributed by atoms with Crippen molar-refractivity contribution < 1.29 is 22.8 Å². The molecular weight excluding hydrogens is 285 g/mol. The Morgan fingerprint density at radius 1 is 1.24 bits per heavy atom. The van der Waals surface area contributed by atoms with Crippen LogP contribution < -0.4 is 4.43 Å². The molecule has 0 saturated carbocycles. The summed E-state index contributed by atoms with van der Waals surface area (Å²) in [7, 11) is 0. The largest absolute Gasteiger partial charge is 0.428 e.